The fourth-order valence-corrected chi connectivity index (χ4v) is 4.19. The highest BCUT2D eigenvalue weighted by Gasteiger charge is 2.32. The van der Waals surface area contributed by atoms with Gasteiger partial charge in [0.05, 0.1) is 12.1 Å². The number of carbonyl (C=O) groups excluding carboxylic acids is 1. The number of pyridine rings is 1. The number of rotatable bonds is 6. The molecule has 0 saturated carbocycles. The highest BCUT2D eigenvalue weighted by Crippen LogP contribution is 2.30. The zero-order valence-corrected chi connectivity index (χ0v) is 16.6. The Morgan fingerprint density at radius 2 is 1.84 bits per heavy atom. The van der Waals surface area contributed by atoms with Crippen LogP contribution < -0.4 is 14.9 Å². The number of hydrogen-bond donors (Lipinski definition) is 2. The minimum absolute atomic E-state index is 0.249. The predicted octanol–water partition coefficient (Wildman–Crippen LogP) is 2.05. The maximum Gasteiger partial charge on any atom is 0.417 e. The molecule has 31 heavy (non-hydrogen) atoms. The highest BCUT2D eigenvalue weighted by atomic mass is 32.2. The summed E-state index contributed by atoms with van der Waals surface area (Å²) in [5, 5.41) is 2.56. The van der Waals surface area contributed by atoms with Crippen molar-refractivity contribution in [2.24, 2.45) is 0 Å². The summed E-state index contributed by atoms with van der Waals surface area (Å²) in [6.07, 6.45) is -3.33. The number of anilines is 1. The second-order valence-corrected chi connectivity index (χ2v) is 8.48. The van der Waals surface area contributed by atoms with Crippen molar-refractivity contribution in [1.29, 1.82) is 0 Å². The van der Waals surface area contributed by atoms with Gasteiger partial charge in [-0.15, -0.1) is 0 Å². The van der Waals surface area contributed by atoms with Gasteiger partial charge in [0.25, 0.3) is 0 Å². The average molecular weight is 464 g/mol. The quantitative estimate of drug-likeness (QED) is 0.639. The summed E-state index contributed by atoms with van der Waals surface area (Å²) in [6, 6.07) is 4.29. The summed E-state index contributed by atoms with van der Waals surface area (Å²) in [5.41, 5.74) is -0.876. The summed E-state index contributed by atoms with van der Waals surface area (Å²) in [5.74, 6) is -3.00. The van der Waals surface area contributed by atoms with Crippen LogP contribution in [0.3, 0.4) is 0 Å². The number of halogens is 5. The lowest BCUT2D eigenvalue weighted by Gasteiger charge is -2.18. The van der Waals surface area contributed by atoms with E-state index in [1.807, 2.05) is 4.72 Å². The molecule has 1 unspecified atom stereocenters. The Bertz CT molecular complexity index is 1040. The van der Waals surface area contributed by atoms with E-state index in [9.17, 15) is 35.2 Å². The van der Waals surface area contributed by atoms with Crippen LogP contribution in [0.4, 0.5) is 27.8 Å². The van der Waals surface area contributed by atoms with Crippen LogP contribution in [0, 0.1) is 11.6 Å². The minimum atomic E-state index is -4.59. The van der Waals surface area contributed by atoms with Crippen molar-refractivity contribution in [2.75, 3.05) is 24.5 Å². The van der Waals surface area contributed by atoms with Crippen LogP contribution >= 0.6 is 0 Å². The summed E-state index contributed by atoms with van der Waals surface area (Å²) < 4.78 is 91.2. The molecule has 0 spiro atoms. The third kappa shape index (κ3) is 5.47. The lowest BCUT2D eigenvalue weighted by atomic mass is 10.2. The second-order valence-electron chi connectivity index (χ2n) is 6.78. The molecule has 2 aromatic rings. The Morgan fingerprint density at radius 3 is 2.42 bits per heavy atom. The number of amides is 1. The fourth-order valence-electron chi connectivity index (χ4n) is 3.08. The van der Waals surface area contributed by atoms with Gasteiger partial charge in [-0.1, -0.05) is 6.07 Å². The molecule has 3 rings (SSSR count). The number of nitrogens with one attached hydrogen (secondary N) is 2. The van der Waals surface area contributed by atoms with Crippen LogP contribution in [-0.4, -0.2) is 45.0 Å². The SMILES string of the molecule is O=C(CNS(=O)(=O)c1c(F)cccc1F)NC1CCN(c2ccc(C(F)(F)F)cn2)C1. The van der Waals surface area contributed by atoms with E-state index in [0.29, 0.717) is 18.8 Å². The Hall–Kier alpha value is -2.80. The number of aromatic nitrogens is 1. The third-order valence-electron chi connectivity index (χ3n) is 4.56. The van der Waals surface area contributed by atoms with Gasteiger partial charge in [-0.05, 0) is 30.7 Å². The third-order valence-corrected chi connectivity index (χ3v) is 6.01. The van der Waals surface area contributed by atoms with Crippen molar-refractivity contribution in [3.05, 3.63) is 53.7 Å². The maximum absolute atomic E-state index is 13.7. The smallest absolute Gasteiger partial charge is 0.354 e. The topological polar surface area (TPSA) is 91.4 Å². The molecule has 7 nitrogen and oxygen atoms in total. The van der Waals surface area contributed by atoms with Crippen molar-refractivity contribution >= 4 is 21.7 Å². The molecule has 1 aliphatic rings. The number of benzene rings is 1. The molecule has 0 bridgehead atoms. The van der Waals surface area contributed by atoms with Crippen LogP contribution in [0.2, 0.25) is 0 Å². The van der Waals surface area contributed by atoms with E-state index in [4.69, 9.17) is 0 Å². The van der Waals surface area contributed by atoms with Crippen LogP contribution in [0.1, 0.15) is 12.0 Å². The number of nitrogens with zero attached hydrogens (tertiary/aromatic N) is 2. The molecular formula is C18H17F5N4O3S. The number of sulfonamides is 1. The van der Waals surface area contributed by atoms with Gasteiger partial charge < -0.3 is 10.2 Å². The normalized spacial score (nSPS) is 17.1. The van der Waals surface area contributed by atoms with Crippen LogP contribution in [0.15, 0.2) is 41.4 Å². The Kier molecular flexibility index (Phi) is 6.46. The number of carbonyl (C=O) groups is 1. The van der Waals surface area contributed by atoms with Gasteiger partial charge in [-0.2, -0.15) is 13.2 Å². The molecule has 1 aliphatic heterocycles. The number of hydrogen-bond acceptors (Lipinski definition) is 5. The summed E-state index contributed by atoms with van der Waals surface area (Å²) in [4.78, 5) is 16.3. The Balaban J connectivity index is 1.54. The first-order valence-corrected chi connectivity index (χ1v) is 10.5. The first kappa shape index (κ1) is 22.9. The minimum Gasteiger partial charge on any atom is -0.354 e. The lowest BCUT2D eigenvalue weighted by Crippen LogP contribution is -2.43. The fraction of sp³-hybridized carbons (Fsp3) is 0.333. The molecular weight excluding hydrogens is 447 g/mol. The van der Waals surface area contributed by atoms with E-state index < -0.39 is 56.8 Å². The highest BCUT2D eigenvalue weighted by molar-refractivity contribution is 7.89. The molecule has 2 heterocycles. The van der Waals surface area contributed by atoms with E-state index >= 15 is 0 Å². The standard InChI is InChI=1S/C18H17F5N4O3S/c19-13-2-1-3-14(20)17(13)31(29,30)25-9-16(28)26-12-6-7-27(10-12)15-5-4-11(8-24-15)18(21,22)23/h1-5,8,12,25H,6-7,9-10H2,(H,26,28). The van der Waals surface area contributed by atoms with Gasteiger partial charge in [0.2, 0.25) is 15.9 Å². The van der Waals surface area contributed by atoms with Gasteiger partial charge >= 0.3 is 6.18 Å². The van der Waals surface area contributed by atoms with E-state index in [1.165, 1.54) is 6.07 Å². The molecule has 0 aliphatic carbocycles. The molecule has 13 heteroatoms. The van der Waals surface area contributed by atoms with Crippen LogP contribution in [0.5, 0.6) is 0 Å². The Labute approximate surface area is 174 Å². The molecule has 168 valence electrons. The summed E-state index contributed by atoms with van der Waals surface area (Å²) >= 11 is 0. The Morgan fingerprint density at radius 1 is 1.16 bits per heavy atom. The van der Waals surface area contributed by atoms with Crippen molar-refractivity contribution in [3.8, 4) is 0 Å². The monoisotopic (exact) mass is 464 g/mol. The average Bonchev–Trinajstić information content (AvgIpc) is 3.14. The summed E-state index contributed by atoms with van der Waals surface area (Å²) in [7, 11) is -4.59. The molecule has 1 aromatic heterocycles. The second kappa shape index (κ2) is 8.75. The van der Waals surface area contributed by atoms with Gasteiger partial charge in [0, 0.05) is 25.3 Å². The van der Waals surface area contributed by atoms with Crippen molar-refractivity contribution in [3.63, 3.8) is 0 Å². The predicted molar refractivity (Wildman–Crippen MR) is 99.5 cm³/mol. The lowest BCUT2D eigenvalue weighted by molar-refractivity contribution is -0.137. The molecule has 0 radical (unpaired) electrons. The first-order valence-electron chi connectivity index (χ1n) is 8.98. The molecule has 1 atom stereocenters. The van der Waals surface area contributed by atoms with E-state index in [2.05, 4.69) is 10.3 Å². The van der Waals surface area contributed by atoms with Crippen LogP contribution in [0.25, 0.3) is 0 Å². The summed E-state index contributed by atoms with van der Waals surface area (Å²) in [6.45, 7) is -0.0839. The van der Waals surface area contributed by atoms with Crippen LogP contribution in [-0.2, 0) is 21.0 Å². The largest absolute Gasteiger partial charge is 0.417 e. The van der Waals surface area contributed by atoms with Gasteiger partial charge in [0.15, 0.2) is 4.90 Å². The molecule has 1 fully saturated rings. The zero-order valence-electron chi connectivity index (χ0n) is 15.8. The molecule has 1 aromatic carbocycles. The first-order chi connectivity index (χ1) is 14.5. The van der Waals surface area contributed by atoms with Crippen molar-refractivity contribution in [2.45, 2.75) is 23.5 Å². The molecule has 1 saturated heterocycles. The van der Waals surface area contributed by atoms with Gasteiger partial charge in [-0.25, -0.2) is 26.9 Å². The molecule has 1 amide bonds. The van der Waals surface area contributed by atoms with E-state index in [1.54, 1.807) is 4.90 Å². The van der Waals surface area contributed by atoms with Crippen molar-refractivity contribution < 1.29 is 35.2 Å². The van der Waals surface area contributed by atoms with E-state index in [-0.39, 0.29) is 6.54 Å². The van der Waals surface area contributed by atoms with E-state index in [0.717, 1.165) is 30.5 Å². The number of alkyl halides is 3. The van der Waals surface area contributed by atoms with Gasteiger partial charge in [-0.3, -0.25) is 4.79 Å². The zero-order chi connectivity index (χ0) is 22.8. The van der Waals surface area contributed by atoms with Crippen molar-refractivity contribution in [1.82, 2.24) is 15.0 Å². The maximum atomic E-state index is 13.7. The molecule has 2 N–H and O–H groups in total. The van der Waals surface area contributed by atoms with Gasteiger partial charge in [0.1, 0.15) is 17.5 Å².